The molecule has 0 saturated heterocycles. The molecule has 0 atom stereocenters. The van der Waals surface area contributed by atoms with Crippen LogP contribution in [0.1, 0.15) is 0 Å². The van der Waals surface area contributed by atoms with Gasteiger partial charge in [-0.05, 0) is 67.6 Å². The fourth-order valence-corrected chi connectivity index (χ4v) is 7.01. The SMILES string of the molecule is c1ccc(-c2cc(-c3cccc(-c4cccnc4)c3)nc(-c3ccc(-c4c5ccccc5c(-c5ccccc5)c5ccccc45)cc3)n2)cc1. The number of nitrogens with zero attached hydrogens (tertiary/aromatic N) is 3. The average molecular weight is 638 g/mol. The van der Waals surface area contributed by atoms with Crippen molar-refractivity contribution in [1.29, 1.82) is 0 Å². The van der Waals surface area contributed by atoms with Gasteiger partial charge in [0.1, 0.15) is 0 Å². The molecule has 3 nitrogen and oxygen atoms in total. The summed E-state index contributed by atoms with van der Waals surface area (Å²) in [7, 11) is 0. The lowest BCUT2D eigenvalue weighted by molar-refractivity contribution is 1.18. The molecule has 2 heterocycles. The van der Waals surface area contributed by atoms with Crippen LogP contribution < -0.4 is 0 Å². The van der Waals surface area contributed by atoms with Crippen LogP contribution in [0.2, 0.25) is 0 Å². The fourth-order valence-electron chi connectivity index (χ4n) is 7.01. The molecule has 9 aromatic rings. The summed E-state index contributed by atoms with van der Waals surface area (Å²) in [5.41, 5.74) is 11.8. The number of rotatable bonds is 6. The van der Waals surface area contributed by atoms with Crippen LogP contribution in [0.4, 0.5) is 0 Å². The maximum atomic E-state index is 5.15. The van der Waals surface area contributed by atoms with Gasteiger partial charge in [0.15, 0.2) is 5.82 Å². The van der Waals surface area contributed by atoms with E-state index in [0.29, 0.717) is 5.82 Å². The molecule has 234 valence electrons. The highest BCUT2D eigenvalue weighted by Gasteiger charge is 2.17. The number of hydrogen-bond donors (Lipinski definition) is 0. The van der Waals surface area contributed by atoms with E-state index in [4.69, 9.17) is 9.97 Å². The van der Waals surface area contributed by atoms with Crippen molar-refractivity contribution in [3.63, 3.8) is 0 Å². The first kappa shape index (κ1) is 29.4. The molecule has 3 heteroatoms. The molecule has 0 aliphatic rings. The Kier molecular flexibility index (Phi) is 7.49. The summed E-state index contributed by atoms with van der Waals surface area (Å²) in [5.74, 6) is 0.689. The van der Waals surface area contributed by atoms with Crippen molar-refractivity contribution >= 4 is 21.5 Å². The lowest BCUT2D eigenvalue weighted by Crippen LogP contribution is -1.96. The molecule has 0 bridgehead atoms. The van der Waals surface area contributed by atoms with Gasteiger partial charge in [0.25, 0.3) is 0 Å². The van der Waals surface area contributed by atoms with E-state index in [-0.39, 0.29) is 0 Å². The van der Waals surface area contributed by atoms with Crippen LogP contribution >= 0.6 is 0 Å². The summed E-state index contributed by atoms with van der Waals surface area (Å²) in [4.78, 5) is 14.6. The number of hydrogen-bond acceptors (Lipinski definition) is 3. The average Bonchev–Trinajstić information content (AvgIpc) is 3.21. The van der Waals surface area contributed by atoms with E-state index >= 15 is 0 Å². The van der Waals surface area contributed by atoms with Gasteiger partial charge < -0.3 is 0 Å². The first-order chi connectivity index (χ1) is 24.8. The van der Waals surface area contributed by atoms with E-state index in [9.17, 15) is 0 Å². The van der Waals surface area contributed by atoms with Crippen LogP contribution in [0.25, 0.3) is 88.8 Å². The Morgan fingerprint density at radius 2 is 0.760 bits per heavy atom. The quantitative estimate of drug-likeness (QED) is 0.170. The van der Waals surface area contributed by atoms with E-state index in [1.54, 1.807) is 6.20 Å². The molecule has 0 aliphatic carbocycles. The summed E-state index contributed by atoms with van der Waals surface area (Å²) in [6.45, 7) is 0. The fraction of sp³-hybridized carbons (Fsp3) is 0. The minimum Gasteiger partial charge on any atom is -0.264 e. The van der Waals surface area contributed by atoms with Crippen molar-refractivity contribution in [1.82, 2.24) is 15.0 Å². The molecule has 0 spiro atoms. The molecule has 2 aromatic heterocycles. The van der Waals surface area contributed by atoms with E-state index < -0.39 is 0 Å². The maximum Gasteiger partial charge on any atom is 0.160 e. The van der Waals surface area contributed by atoms with E-state index in [1.165, 1.54) is 38.2 Å². The van der Waals surface area contributed by atoms with Gasteiger partial charge in [-0.3, -0.25) is 4.98 Å². The lowest BCUT2D eigenvalue weighted by Gasteiger charge is -2.18. The molecule has 0 N–H and O–H groups in total. The zero-order chi connectivity index (χ0) is 33.3. The molecule has 0 fully saturated rings. The Morgan fingerprint density at radius 3 is 1.34 bits per heavy atom. The van der Waals surface area contributed by atoms with Gasteiger partial charge in [0.05, 0.1) is 11.4 Å². The van der Waals surface area contributed by atoms with Crippen LogP contribution in [0.15, 0.2) is 188 Å². The highest BCUT2D eigenvalue weighted by molar-refractivity contribution is 6.21. The Morgan fingerprint density at radius 1 is 0.300 bits per heavy atom. The molecule has 0 amide bonds. The van der Waals surface area contributed by atoms with Gasteiger partial charge in [-0.25, -0.2) is 9.97 Å². The first-order valence-electron chi connectivity index (χ1n) is 16.9. The number of fused-ring (bicyclic) bond motifs is 2. The zero-order valence-electron chi connectivity index (χ0n) is 27.2. The van der Waals surface area contributed by atoms with Crippen molar-refractivity contribution in [3.8, 4) is 67.3 Å². The van der Waals surface area contributed by atoms with Crippen LogP contribution in [0.5, 0.6) is 0 Å². The zero-order valence-corrected chi connectivity index (χ0v) is 27.2. The van der Waals surface area contributed by atoms with Crippen molar-refractivity contribution in [2.75, 3.05) is 0 Å². The van der Waals surface area contributed by atoms with Gasteiger partial charge in [0.2, 0.25) is 0 Å². The molecular formula is C47H31N3. The molecule has 0 unspecified atom stereocenters. The van der Waals surface area contributed by atoms with E-state index in [2.05, 4.69) is 157 Å². The number of aromatic nitrogens is 3. The third kappa shape index (κ3) is 5.41. The minimum atomic E-state index is 0.689. The topological polar surface area (TPSA) is 38.7 Å². The highest BCUT2D eigenvalue weighted by Crippen LogP contribution is 2.43. The molecule has 0 radical (unpaired) electrons. The minimum absolute atomic E-state index is 0.689. The first-order valence-corrected chi connectivity index (χ1v) is 16.9. The van der Waals surface area contributed by atoms with Crippen LogP contribution in [-0.2, 0) is 0 Å². The Bertz CT molecular complexity index is 2560. The number of benzene rings is 7. The third-order valence-corrected chi connectivity index (χ3v) is 9.37. The molecular weight excluding hydrogens is 607 g/mol. The van der Waals surface area contributed by atoms with Gasteiger partial charge in [-0.15, -0.1) is 0 Å². The highest BCUT2D eigenvalue weighted by atomic mass is 14.9. The van der Waals surface area contributed by atoms with Gasteiger partial charge in [-0.1, -0.05) is 158 Å². The Labute approximate surface area is 291 Å². The normalized spacial score (nSPS) is 11.2. The van der Waals surface area contributed by atoms with E-state index in [0.717, 1.165) is 44.8 Å². The third-order valence-electron chi connectivity index (χ3n) is 9.37. The number of pyridine rings is 1. The summed E-state index contributed by atoms with van der Waals surface area (Å²) < 4.78 is 0. The van der Waals surface area contributed by atoms with Crippen molar-refractivity contribution in [2.24, 2.45) is 0 Å². The summed E-state index contributed by atoms with van der Waals surface area (Å²) in [6.07, 6.45) is 3.69. The second-order valence-electron chi connectivity index (χ2n) is 12.4. The molecule has 50 heavy (non-hydrogen) atoms. The second kappa shape index (κ2) is 12.7. The van der Waals surface area contributed by atoms with Crippen molar-refractivity contribution in [3.05, 3.63) is 188 Å². The van der Waals surface area contributed by atoms with Crippen LogP contribution in [0.3, 0.4) is 0 Å². The molecule has 9 rings (SSSR count). The van der Waals surface area contributed by atoms with Crippen molar-refractivity contribution in [2.45, 2.75) is 0 Å². The smallest absolute Gasteiger partial charge is 0.160 e. The Balaban J connectivity index is 1.18. The standard InChI is InChI=1S/C47H31N3/c1-3-13-32(14-4-1)43-30-44(37-18-11-17-36(29-37)38-19-12-28-48-31-38)50-47(49-43)35-26-24-34(25-27-35)46-41-22-9-7-20-39(41)45(33-15-5-2-6-16-33)40-21-8-10-23-42(40)46/h1-31H. The summed E-state index contributed by atoms with van der Waals surface area (Å²) >= 11 is 0. The van der Waals surface area contributed by atoms with Gasteiger partial charge in [-0.2, -0.15) is 0 Å². The van der Waals surface area contributed by atoms with Crippen molar-refractivity contribution < 1.29 is 0 Å². The van der Waals surface area contributed by atoms with Crippen LogP contribution in [0, 0.1) is 0 Å². The van der Waals surface area contributed by atoms with Gasteiger partial charge in [0, 0.05) is 34.6 Å². The maximum absolute atomic E-state index is 5.15. The van der Waals surface area contributed by atoms with Crippen LogP contribution in [-0.4, -0.2) is 15.0 Å². The summed E-state index contributed by atoms with van der Waals surface area (Å²) in [6, 6.07) is 61.9. The van der Waals surface area contributed by atoms with E-state index in [1.807, 2.05) is 30.5 Å². The monoisotopic (exact) mass is 637 g/mol. The molecule has 0 aliphatic heterocycles. The predicted octanol–water partition coefficient (Wildman–Crippen LogP) is 12.2. The summed E-state index contributed by atoms with van der Waals surface area (Å²) in [5, 5.41) is 4.95. The molecule has 0 saturated carbocycles. The lowest BCUT2D eigenvalue weighted by atomic mass is 9.86. The predicted molar refractivity (Wildman–Crippen MR) is 207 cm³/mol. The Hall–Kier alpha value is -6.71. The largest absolute Gasteiger partial charge is 0.264 e. The second-order valence-corrected chi connectivity index (χ2v) is 12.4. The molecule has 7 aromatic carbocycles. The van der Waals surface area contributed by atoms with Gasteiger partial charge >= 0.3 is 0 Å².